The van der Waals surface area contributed by atoms with Gasteiger partial charge in [-0.15, -0.1) is 0 Å². The highest BCUT2D eigenvalue weighted by molar-refractivity contribution is 5.56. The van der Waals surface area contributed by atoms with Crippen molar-refractivity contribution in [2.45, 2.75) is 20.3 Å². The van der Waals surface area contributed by atoms with Crippen LogP contribution in [0.1, 0.15) is 16.8 Å². The van der Waals surface area contributed by atoms with Crippen LogP contribution in [0.4, 0.5) is 5.82 Å². The summed E-state index contributed by atoms with van der Waals surface area (Å²) in [7, 11) is 0. The highest BCUT2D eigenvalue weighted by Crippen LogP contribution is 2.20. The van der Waals surface area contributed by atoms with Gasteiger partial charge in [-0.1, -0.05) is 18.2 Å². The van der Waals surface area contributed by atoms with Crippen LogP contribution in [0, 0.1) is 13.8 Å². The first kappa shape index (κ1) is 17.9. The number of nitrogens with one attached hydrogen (secondary N) is 1. The van der Waals surface area contributed by atoms with E-state index >= 15 is 0 Å². The van der Waals surface area contributed by atoms with E-state index in [0.29, 0.717) is 5.82 Å². The molecule has 3 aromatic heterocycles. The van der Waals surface area contributed by atoms with Crippen molar-refractivity contribution in [3.8, 4) is 17.2 Å². The summed E-state index contributed by atoms with van der Waals surface area (Å²) < 4.78 is 1.86. The predicted octanol–water partition coefficient (Wildman–Crippen LogP) is 4.00. The van der Waals surface area contributed by atoms with Crippen LogP contribution in [-0.4, -0.2) is 31.3 Å². The van der Waals surface area contributed by atoms with E-state index in [1.807, 2.05) is 49.0 Å². The molecule has 6 heteroatoms. The average molecular weight is 370 g/mol. The highest BCUT2D eigenvalue weighted by Gasteiger charge is 2.10. The maximum atomic E-state index is 4.69. The highest BCUT2D eigenvalue weighted by atomic mass is 15.3. The van der Waals surface area contributed by atoms with Crippen molar-refractivity contribution in [3.63, 3.8) is 0 Å². The number of nitrogens with zero attached hydrogens (tertiary/aromatic N) is 5. The van der Waals surface area contributed by atoms with Crippen LogP contribution in [-0.2, 0) is 6.42 Å². The summed E-state index contributed by atoms with van der Waals surface area (Å²) in [6, 6.07) is 16.1. The first-order chi connectivity index (χ1) is 13.7. The van der Waals surface area contributed by atoms with Crippen molar-refractivity contribution in [2.24, 2.45) is 0 Å². The van der Waals surface area contributed by atoms with Gasteiger partial charge in [0.2, 0.25) is 0 Å². The van der Waals surface area contributed by atoms with Gasteiger partial charge in [0.15, 0.2) is 5.82 Å². The molecule has 28 heavy (non-hydrogen) atoms. The molecule has 140 valence electrons. The molecule has 0 aliphatic rings. The normalized spacial score (nSPS) is 10.8. The van der Waals surface area contributed by atoms with Crippen LogP contribution < -0.4 is 5.32 Å². The Morgan fingerprint density at radius 3 is 2.50 bits per heavy atom. The van der Waals surface area contributed by atoms with E-state index in [9.17, 15) is 0 Å². The first-order valence-electron chi connectivity index (χ1n) is 9.30. The van der Waals surface area contributed by atoms with Gasteiger partial charge in [0.1, 0.15) is 11.5 Å². The van der Waals surface area contributed by atoms with Crippen LogP contribution >= 0.6 is 0 Å². The Balaban J connectivity index is 1.44. The van der Waals surface area contributed by atoms with E-state index in [4.69, 9.17) is 0 Å². The molecule has 1 aromatic carbocycles. The minimum absolute atomic E-state index is 0.648. The second-order valence-electron chi connectivity index (χ2n) is 6.62. The molecule has 0 bridgehead atoms. The number of hydrogen-bond donors (Lipinski definition) is 1. The zero-order valence-electron chi connectivity index (χ0n) is 16.0. The summed E-state index contributed by atoms with van der Waals surface area (Å²) in [6.45, 7) is 4.83. The molecule has 0 aliphatic heterocycles. The topological polar surface area (TPSA) is 68.5 Å². The van der Waals surface area contributed by atoms with E-state index < -0.39 is 0 Å². The Morgan fingerprint density at radius 1 is 0.929 bits per heavy atom. The lowest BCUT2D eigenvalue weighted by molar-refractivity contribution is 0.878. The first-order valence-corrected chi connectivity index (χ1v) is 9.30. The molecule has 0 amide bonds. The second kappa shape index (κ2) is 8.00. The molecule has 0 spiro atoms. The maximum absolute atomic E-state index is 4.69. The molecule has 3 heterocycles. The predicted molar refractivity (Wildman–Crippen MR) is 110 cm³/mol. The van der Waals surface area contributed by atoms with E-state index in [2.05, 4.69) is 49.6 Å². The zero-order chi connectivity index (χ0) is 19.3. The van der Waals surface area contributed by atoms with Crippen LogP contribution in [0.2, 0.25) is 0 Å². The van der Waals surface area contributed by atoms with Crippen molar-refractivity contribution < 1.29 is 0 Å². The molecular weight excluding hydrogens is 348 g/mol. The van der Waals surface area contributed by atoms with Crippen molar-refractivity contribution >= 4 is 5.82 Å². The molecule has 0 saturated heterocycles. The summed E-state index contributed by atoms with van der Waals surface area (Å²) in [5.74, 6) is 1.51. The Kier molecular flexibility index (Phi) is 5.10. The molecule has 4 aromatic rings. The second-order valence-corrected chi connectivity index (χ2v) is 6.62. The van der Waals surface area contributed by atoms with Gasteiger partial charge in [-0.25, -0.2) is 14.6 Å². The zero-order valence-corrected chi connectivity index (χ0v) is 16.0. The van der Waals surface area contributed by atoms with Crippen LogP contribution in [0.5, 0.6) is 0 Å². The summed E-state index contributed by atoms with van der Waals surface area (Å²) in [4.78, 5) is 13.6. The fraction of sp³-hybridized carbons (Fsp3) is 0.182. The quantitative estimate of drug-likeness (QED) is 0.556. The summed E-state index contributed by atoms with van der Waals surface area (Å²) in [5, 5.41) is 7.71. The molecule has 0 atom stereocenters. The van der Waals surface area contributed by atoms with Crippen molar-refractivity contribution in [2.75, 3.05) is 11.9 Å². The smallest absolute Gasteiger partial charge is 0.180 e. The average Bonchev–Trinajstić information content (AvgIpc) is 3.27. The fourth-order valence-electron chi connectivity index (χ4n) is 2.97. The van der Waals surface area contributed by atoms with Crippen LogP contribution in [0.25, 0.3) is 17.2 Å². The summed E-state index contributed by atoms with van der Waals surface area (Å²) in [6.07, 6.45) is 6.38. The van der Waals surface area contributed by atoms with Gasteiger partial charge < -0.3 is 5.32 Å². The fourth-order valence-corrected chi connectivity index (χ4v) is 2.97. The molecule has 4 rings (SSSR count). The molecule has 0 fully saturated rings. The largest absolute Gasteiger partial charge is 0.369 e. The minimum Gasteiger partial charge on any atom is -0.369 e. The summed E-state index contributed by atoms with van der Waals surface area (Å²) >= 11 is 0. The van der Waals surface area contributed by atoms with Gasteiger partial charge in [0.25, 0.3) is 0 Å². The number of pyridine rings is 1. The number of benzene rings is 1. The standard InChI is InChI=1S/C22H22N6/c1-16-17(2)26-22(20-6-3-4-12-23-20)27-21(16)24-14-11-18-7-9-19(10-8-18)28-15-5-13-25-28/h3-10,12-13,15H,11,14H2,1-2H3,(H,24,26,27). The monoisotopic (exact) mass is 370 g/mol. The van der Waals surface area contributed by atoms with Crippen LogP contribution in [0.15, 0.2) is 67.1 Å². The molecule has 1 N–H and O–H groups in total. The van der Waals surface area contributed by atoms with Gasteiger partial charge in [0.05, 0.1) is 5.69 Å². The number of aromatic nitrogens is 5. The SMILES string of the molecule is Cc1nc(-c2ccccn2)nc(NCCc2ccc(-n3cccn3)cc2)c1C. The van der Waals surface area contributed by atoms with Gasteiger partial charge in [-0.05, 0) is 56.2 Å². The van der Waals surface area contributed by atoms with E-state index in [1.165, 1.54) is 5.56 Å². The Labute approximate surface area is 164 Å². The van der Waals surface area contributed by atoms with Gasteiger partial charge in [-0.2, -0.15) is 5.10 Å². The van der Waals surface area contributed by atoms with Gasteiger partial charge in [0, 0.05) is 36.4 Å². The third-order valence-electron chi connectivity index (χ3n) is 4.69. The van der Waals surface area contributed by atoms with Crippen molar-refractivity contribution in [1.82, 2.24) is 24.7 Å². The van der Waals surface area contributed by atoms with E-state index in [-0.39, 0.29) is 0 Å². The van der Waals surface area contributed by atoms with E-state index in [0.717, 1.165) is 41.4 Å². The third kappa shape index (κ3) is 3.91. The molecular formula is C22H22N6. The molecule has 0 radical (unpaired) electrons. The minimum atomic E-state index is 0.648. The van der Waals surface area contributed by atoms with Crippen LogP contribution in [0.3, 0.4) is 0 Å². The third-order valence-corrected chi connectivity index (χ3v) is 4.69. The Morgan fingerprint density at radius 2 is 1.79 bits per heavy atom. The van der Waals surface area contributed by atoms with Gasteiger partial charge in [-0.3, -0.25) is 4.98 Å². The number of hydrogen-bond acceptors (Lipinski definition) is 5. The lowest BCUT2D eigenvalue weighted by Gasteiger charge is -2.12. The Bertz CT molecular complexity index is 1040. The molecule has 0 unspecified atom stereocenters. The van der Waals surface area contributed by atoms with Gasteiger partial charge >= 0.3 is 0 Å². The Hall–Kier alpha value is -3.54. The van der Waals surface area contributed by atoms with E-state index in [1.54, 1.807) is 12.4 Å². The maximum Gasteiger partial charge on any atom is 0.180 e. The van der Waals surface area contributed by atoms with Crippen molar-refractivity contribution in [1.29, 1.82) is 0 Å². The molecule has 0 aliphatic carbocycles. The number of anilines is 1. The number of aryl methyl sites for hydroxylation is 1. The summed E-state index contributed by atoms with van der Waals surface area (Å²) in [5.41, 5.74) is 5.12. The lowest BCUT2D eigenvalue weighted by Crippen LogP contribution is -2.10. The number of rotatable bonds is 6. The molecule has 0 saturated carbocycles. The van der Waals surface area contributed by atoms with Crippen molar-refractivity contribution in [3.05, 3.63) is 83.9 Å². The molecule has 6 nitrogen and oxygen atoms in total. The lowest BCUT2D eigenvalue weighted by atomic mass is 10.1.